The van der Waals surface area contributed by atoms with Gasteiger partial charge in [0.05, 0.1) is 13.2 Å². The van der Waals surface area contributed by atoms with Crippen LogP contribution in [-0.4, -0.2) is 12.2 Å². The predicted octanol–water partition coefficient (Wildman–Crippen LogP) is 2.01. The van der Waals surface area contributed by atoms with Gasteiger partial charge in [-0.1, -0.05) is 15.9 Å². The summed E-state index contributed by atoms with van der Waals surface area (Å²) in [5.74, 6) is 0.511. The van der Waals surface area contributed by atoms with Crippen molar-refractivity contribution in [2.75, 3.05) is 7.11 Å². The van der Waals surface area contributed by atoms with E-state index in [0.717, 1.165) is 4.47 Å². The average molecular weight is 242 g/mol. The number of halogens is 1. The van der Waals surface area contributed by atoms with E-state index in [1.807, 2.05) is 0 Å². The SMILES string of the molecule is COc1ccc(Br)cc1C(O)C#N. The Labute approximate surface area is 84.7 Å². The number of benzene rings is 1. The van der Waals surface area contributed by atoms with Crippen LogP contribution >= 0.6 is 15.9 Å². The molecule has 0 bridgehead atoms. The largest absolute Gasteiger partial charge is 0.496 e. The van der Waals surface area contributed by atoms with Gasteiger partial charge in [0.2, 0.25) is 0 Å². The number of methoxy groups -OCH3 is 1. The van der Waals surface area contributed by atoms with Crippen LogP contribution in [0.25, 0.3) is 0 Å². The first-order valence-electron chi connectivity index (χ1n) is 3.60. The summed E-state index contributed by atoms with van der Waals surface area (Å²) in [6.45, 7) is 0. The van der Waals surface area contributed by atoms with Crippen LogP contribution in [0.15, 0.2) is 22.7 Å². The zero-order chi connectivity index (χ0) is 9.84. The summed E-state index contributed by atoms with van der Waals surface area (Å²) in [6.07, 6.45) is -1.15. The van der Waals surface area contributed by atoms with Gasteiger partial charge in [0.15, 0.2) is 6.10 Å². The topological polar surface area (TPSA) is 53.2 Å². The molecule has 1 rings (SSSR count). The number of aliphatic hydroxyl groups is 1. The summed E-state index contributed by atoms with van der Waals surface area (Å²) < 4.78 is 5.79. The zero-order valence-electron chi connectivity index (χ0n) is 6.99. The first kappa shape index (κ1) is 10.0. The molecule has 0 aliphatic carbocycles. The molecule has 0 aliphatic rings. The van der Waals surface area contributed by atoms with Crippen LogP contribution in [0.1, 0.15) is 11.7 Å². The molecule has 3 nitrogen and oxygen atoms in total. The molecule has 1 unspecified atom stereocenters. The van der Waals surface area contributed by atoms with Gasteiger partial charge in [0.1, 0.15) is 5.75 Å². The van der Waals surface area contributed by atoms with E-state index in [2.05, 4.69) is 15.9 Å². The Morgan fingerprint density at radius 3 is 2.85 bits per heavy atom. The fourth-order valence-corrected chi connectivity index (χ4v) is 1.37. The highest BCUT2D eigenvalue weighted by atomic mass is 79.9. The quantitative estimate of drug-likeness (QED) is 0.807. The Hall–Kier alpha value is -1.05. The second-order valence-corrected chi connectivity index (χ2v) is 3.33. The maximum atomic E-state index is 9.30. The molecule has 68 valence electrons. The maximum absolute atomic E-state index is 9.30. The van der Waals surface area contributed by atoms with Crippen LogP contribution < -0.4 is 4.74 Å². The van der Waals surface area contributed by atoms with Crippen molar-refractivity contribution in [3.8, 4) is 11.8 Å². The fourth-order valence-electron chi connectivity index (χ4n) is 0.988. The van der Waals surface area contributed by atoms with Gasteiger partial charge in [0, 0.05) is 10.0 Å². The van der Waals surface area contributed by atoms with Crippen LogP contribution in [0.5, 0.6) is 5.75 Å². The normalized spacial score (nSPS) is 11.8. The van der Waals surface area contributed by atoms with Gasteiger partial charge in [-0.05, 0) is 18.2 Å². The molecule has 0 heterocycles. The molecule has 0 fully saturated rings. The number of hydrogen-bond donors (Lipinski definition) is 1. The lowest BCUT2D eigenvalue weighted by Gasteiger charge is -2.09. The predicted molar refractivity (Wildman–Crippen MR) is 51.3 cm³/mol. The van der Waals surface area contributed by atoms with E-state index in [1.165, 1.54) is 7.11 Å². The third-order valence-corrected chi connectivity index (χ3v) is 2.10. The minimum Gasteiger partial charge on any atom is -0.496 e. The number of nitriles is 1. The Bertz CT molecular complexity index is 346. The summed E-state index contributed by atoms with van der Waals surface area (Å²) in [5.41, 5.74) is 0.472. The standard InChI is InChI=1S/C9H8BrNO2/c1-13-9-3-2-6(10)4-7(9)8(12)5-11/h2-4,8,12H,1H3. The molecule has 1 aromatic carbocycles. The molecule has 1 aromatic rings. The lowest BCUT2D eigenvalue weighted by atomic mass is 10.1. The number of nitrogens with zero attached hydrogens (tertiary/aromatic N) is 1. The molecule has 0 aliphatic heterocycles. The van der Waals surface area contributed by atoms with Crippen LogP contribution in [0.3, 0.4) is 0 Å². The maximum Gasteiger partial charge on any atom is 0.169 e. The average Bonchev–Trinajstić information content (AvgIpc) is 2.16. The van der Waals surface area contributed by atoms with E-state index >= 15 is 0 Å². The summed E-state index contributed by atoms with van der Waals surface area (Å²) in [4.78, 5) is 0. The van der Waals surface area contributed by atoms with Gasteiger partial charge in [-0.2, -0.15) is 5.26 Å². The minimum absolute atomic E-state index is 0.472. The Morgan fingerprint density at radius 2 is 2.31 bits per heavy atom. The highest BCUT2D eigenvalue weighted by Gasteiger charge is 2.12. The molecule has 1 N–H and O–H groups in total. The molecule has 0 amide bonds. The zero-order valence-corrected chi connectivity index (χ0v) is 8.58. The van der Waals surface area contributed by atoms with E-state index in [1.54, 1.807) is 24.3 Å². The molecular weight excluding hydrogens is 234 g/mol. The first-order chi connectivity index (χ1) is 6.19. The number of rotatable bonds is 2. The molecule has 13 heavy (non-hydrogen) atoms. The second-order valence-electron chi connectivity index (χ2n) is 2.42. The van der Waals surface area contributed by atoms with Crippen molar-refractivity contribution >= 4 is 15.9 Å². The van der Waals surface area contributed by atoms with Crippen molar-refractivity contribution in [1.29, 1.82) is 5.26 Å². The molecule has 0 saturated carbocycles. The molecule has 0 spiro atoms. The van der Waals surface area contributed by atoms with E-state index in [0.29, 0.717) is 11.3 Å². The van der Waals surface area contributed by atoms with E-state index in [-0.39, 0.29) is 0 Å². The summed E-state index contributed by atoms with van der Waals surface area (Å²) in [7, 11) is 1.50. The molecule has 0 radical (unpaired) electrons. The monoisotopic (exact) mass is 241 g/mol. The van der Waals surface area contributed by atoms with E-state index < -0.39 is 6.10 Å². The number of ether oxygens (including phenoxy) is 1. The second kappa shape index (κ2) is 4.26. The number of aliphatic hydroxyl groups excluding tert-OH is 1. The van der Waals surface area contributed by atoms with Gasteiger partial charge >= 0.3 is 0 Å². The van der Waals surface area contributed by atoms with Crippen LogP contribution in [0.4, 0.5) is 0 Å². The Kier molecular flexibility index (Phi) is 3.29. The van der Waals surface area contributed by atoms with Gasteiger partial charge in [-0.3, -0.25) is 0 Å². The summed E-state index contributed by atoms with van der Waals surface area (Å²) in [6, 6.07) is 6.88. The highest BCUT2D eigenvalue weighted by Crippen LogP contribution is 2.27. The lowest BCUT2D eigenvalue weighted by Crippen LogP contribution is -1.97. The minimum atomic E-state index is -1.15. The molecule has 0 saturated heterocycles. The van der Waals surface area contributed by atoms with Crippen LogP contribution in [0, 0.1) is 11.3 Å². The van der Waals surface area contributed by atoms with Gasteiger partial charge in [-0.15, -0.1) is 0 Å². The first-order valence-corrected chi connectivity index (χ1v) is 4.39. The van der Waals surface area contributed by atoms with Gasteiger partial charge < -0.3 is 9.84 Å². The summed E-state index contributed by atoms with van der Waals surface area (Å²) in [5, 5.41) is 17.8. The Balaban J connectivity index is 3.17. The fraction of sp³-hybridized carbons (Fsp3) is 0.222. The van der Waals surface area contributed by atoms with Crippen molar-refractivity contribution in [3.63, 3.8) is 0 Å². The van der Waals surface area contributed by atoms with Crippen molar-refractivity contribution in [1.82, 2.24) is 0 Å². The highest BCUT2D eigenvalue weighted by molar-refractivity contribution is 9.10. The molecule has 1 atom stereocenters. The van der Waals surface area contributed by atoms with E-state index in [9.17, 15) is 5.11 Å². The molecular formula is C9H8BrNO2. The van der Waals surface area contributed by atoms with Crippen LogP contribution in [-0.2, 0) is 0 Å². The van der Waals surface area contributed by atoms with Crippen LogP contribution in [0.2, 0.25) is 0 Å². The Morgan fingerprint density at radius 1 is 1.62 bits per heavy atom. The number of hydrogen-bond acceptors (Lipinski definition) is 3. The van der Waals surface area contributed by atoms with Gasteiger partial charge in [0.25, 0.3) is 0 Å². The van der Waals surface area contributed by atoms with Crippen molar-refractivity contribution in [2.24, 2.45) is 0 Å². The molecule has 0 aromatic heterocycles. The smallest absolute Gasteiger partial charge is 0.169 e. The van der Waals surface area contributed by atoms with Crippen molar-refractivity contribution in [2.45, 2.75) is 6.10 Å². The lowest BCUT2D eigenvalue weighted by molar-refractivity contribution is 0.230. The van der Waals surface area contributed by atoms with E-state index in [4.69, 9.17) is 10.00 Å². The third kappa shape index (κ3) is 2.20. The van der Waals surface area contributed by atoms with Gasteiger partial charge in [-0.25, -0.2) is 0 Å². The van der Waals surface area contributed by atoms with Crippen molar-refractivity contribution < 1.29 is 9.84 Å². The third-order valence-electron chi connectivity index (χ3n) is 1.61. The molecule has 4 heteroatoms. The van der Waals surface area contributed by atoms with Crippen molar-refractivity contribution in [3.05, 3.63) is 28.2 Å². The summed E-state index contributed by atoms with van der Waals surface area (Å²) >= 11 is 3.25.